The Morgan fingerprint density at radius 3 is 2.73 bits per heavy atom. The van der Waals surface area contributed by atoms with Gasteiger partial charge in [0.1, 0.15) is 17.3 Å². The number of hydrogen-bond donors (Lipinski definition) is 3. The van der Waals surface area contributed by atoms with Crippen molar-refractivity contribution in [3.05, 3.63) is 42.5 Å². The molecule has 2 atom stereocenters. The number of aliphatic hydroxyl groups is 1. The van der Waals surface area contributed by atoms with E-state index in [1.807, 2.05) is 0 Å². The monoisotopic (exact) mass is 354 g/mol. The number of aliphatic hydroxyl groups excluding tert-OH is 1. The number of aromatic hydroxyl groups is 1. The summed E-state index contributed by atoms with van der Waals surface area (Å²) in [6.07, 6.45) is 6.60. The van der Waals surface area contributed by atoms with Crippen LogP contribution in [0.3, 0.4) is 0 Å². The predicted octanol–water partition coefficient (Wildman–Crippen LogP) is 3.25. The summed E-state index contributed by atoms with van der Waals surface area (Å²) in [4.78, 5) is 4.16. The van der Waals surface area contributed by atoms with E-state index < -0.39 is 11.9 Å². The van der Waals surface area contributed by atoms with Crippen molar-refractivity contribution in [2.75, 3.05) is 5.32 Å². The first-order valence-electron chi connectivity index (χ1n) is 8.67. The molecule has 4 rings (SSSR count). The van der Waals surface area contributed by atoms with Crippen LogP contribution in [-0.4, -0.2) is 37.5 Å². The summed E-state index contributed by atoms with van der Waals surface area (Å²) in [5.41, 5.74) is 0.856. The highest BCUT2D eigenvalue weighted by atomic mass is 19.1. The molecule has 134 valence electrons. The Hall–Kier alpha value is -2.80. The molecule has 0 bridgehead atoms. The van der Waals surface area contributed by atoms with Crippen molar-refractivity contribution >= 4 is 16.6 Å². The Morgan fingerprint density at radius 1 is 1.08 bits per heavy atom. The molecule has 2 unspecified atom stereocenters. The Bertz CT molecular complexity index is 950. The number of fused-ring (bicyclic) bond motifs is 1. The van der Waals surface area contributed by atoms with Crippen LogP contribution in [0.15, 0.2) is 36.7 Å². The fraction of sp³-hybridized carbons (Fsp3) is 0.316. The molecule has 3 N–H and O–H groups in total. The second-order valence-corrected chi connectivity index (χ2v) is 6.58. The largest absolute Gasteiger partial charge is 0.507 e. The summed E-state index contributed by atoms with van der Waals surface area (Å²) >= 11 is 0. The van der Waals surface area contributed by atoms with Gasteiger partial charge in [-0.15, -0.1) is 10.2 Å². The summed E-state index contributed by atoms with van der Waals surface area (Å²) in [6.45, 7) is 0. The normalized spacial score (nSPS) is 20.2. The molecule has 26 heavy (non-hydrogen) atoms. The molecule has 0 amide bonds. The van der Waals surface area contributed by atoms with Crippen LogP contribution in [0.2, 0.25) is 0 Å². The van der Waals surface area contributed by atoms with Gasteiger partial charge < -0.3 is 15.5 Å². The minimum absolute atomic E-state index is 0.0773. The fourth-order valence-electron chi connectivity index (χ4n) is 3.46. The maximum absolute atomic E-state index is 13.3. The highest BCUT2D eigenvalue weighted by molar-refractivity contribution is 6.00. The van der Waals surface area contributed by atoms with Gasteiger partial charge in [-0.25, -0.2) is 4.39 Å². The number of nitrogens with zero attached hydrogens (tertiary/aromatic N) is 3. The molecule has 1 fully saturated rings. The lowest BCUT2D eigenvalue weighted by atomic mass is 9.92. The lowest BCUT2D eigenvalue weighted by Gasteiger charge is -2.29. The zero-order valence-corrected chi connectivity index (χ0v) is 14.1. The molecule has 7 heteroatoms. The van der Waals surface area contributed by atoms with E-state index in [4.69, 9.17) is 0 Å². The molecule has 1 aromatic carbocycles. The van der Waals surface area contributed by atoms with Gasteiger partial charge in [-0.05, 0) is 31.0 Å². The number of phenolic OH excluding ortho intramolecular Hbond substituents is 1. The number of pyridine rings is 1. The molecule has 6 nitrogen and oxygen atoms in total. The van der Waals surface area contributed by atoms with E-state index in [2.05, 4.69) is 20.5 Å². The Kier molecular flexibility index (Phi) is 4.38. The lowest BCUT2D eigenvalue weighted by molar-refractivity contribution is 0.116. The summed E-state index contributed by atoms with van der Waals surface area (Å²) in [5.74, 6) is -0.167. The van der Waals surface area contributed by atoms with Crippen LogP contribution in [0.1, 0.15) is 25.7 Å². The number of anilines is 1. The van der Waals surface area contributed by atoms with Gasteiger partial charge in [0.15, 0.2) is 5.82 Å². The van der Waals surface area contributed by atoms with Gasteiger partial charge in [0.25, 0.3) is 0 Å². The molecule has 0 radical (unpaired) electrons. The third-order valence-electron chi connectivity index (χ3n) is 4.85. The average Bonchev–Trinajstić information content (AvgIpc) is 2.64. The van der Waals surface area contributed by atoms with Gasteiger partial charge in [0, 0.05) is 34.8 Å². The van der Waals surface area contributed by atoms with Crippen LogP contribution in [-0.2, 0) is 0 Å². The molecule has 1 aliphatic carbocycles. The van der Waals surface area contributed by atoms with E-state index in [9.17, 15) is 14.6 Å². The van der Waals surface area contributed by atoms with Crippen molar-refractivity contribution < 1.29 is 14.6 Å². The first-order valence-corrected chi connectivity index (χ1v) is 8.67. The molecule has 0 spiro atoms. The van der Waals surface area contributed by atoms with Crippen LogP contribution in [0, 0.1) is 5.82 Å². The highest BCUT2D eigenvalue weighted by Gasteiger charge is 2.24. The molecule has 3 aromatic rings. The third-order valence-corrected chi connectivity index (χ3v) is 4.85. The van der Waals surface area contributed by atoms with Crippen molar-refractivity contribution in [1.29, 1.82) is 0 Å². The molecule has 2 heterocycles. The van der Waals surface area contributed by atoms with Crippen molar-refractivity contribution in [3.63, 3.8) is 0 Å². The number of nitrogens with one attached hydrogen (secondary N) is 1. The highest BCUT2D eigenvalue weighted by Crippen LogP contribution is 2.35. The van der Waals surface area contributed by atoms with Crippen LogP contribution in [0.5, 0.6) is 5.75 Å². The van der Waals surface area contributed by atoms with E-state index in [1.165, 1.54) is 12.1 Å². The Labute approximate surface area is 149 Å². The van der Waals surface area contributed by atoms with Crippen LogP contribution in [0.25, 0.3) is 22.0 Å². The SMILES string of the molecule is Oc1cc(F)ccc1-c1nnc(NC2CCCCC2O)c2cnccc12. The number of halogens is 1. The van der Waals surface area contributed by atoms with Gasteiger partial charge in [-0.2, -0.15) is 0 Å². The predicted molar refractivity (Wildman–Crippen MR) is 96.3 cm³/mol. The van der Waals surface area contributed by atoms with Gasteiger partial charge in [-0.3, -0.25) is 4.98 Å². The van der Waals surface area contributed by atoms with Crippen LogP contribution in [0.4, 0.5) is 10.2 Å². The minimum Gasteiger partial charge on any atom is -0.507 e. The van der Waals surface area contributed by atoms with Gasteiger partial charge in [0.05, 0.1) is 12.1 Å². The maximum atomic E-state index is 13.3. The van der Waals surface area contributed by atoms with Crippen LogP contribution >= 0.6 is 0 Å². The number of phenols is 1. The molecule has 2 aromatic heterocycles. The van der Waals surface area contributed by atoms with Crippen molar-refractivity contribution in [2.45, 2.75) is 37.8 Å². The van der Waals surface area contributed by atoms with Crippen molar-refractivity contribution in [3.8, 4) is 17.0 Å². The number of hydrogen-bond acceptors (Lipinski definition) is 6. The second kappa shape index (κ2) is 6.84. The first kappa shape index (κ1) is 16.7. The standard InChI is InChI=1S/C19H19FN4O2/c20-11-5-6-13(17(26)9-11)18-12-7-8-21-10-14(12)19(24-23-18)22-15-3-1-2-4-16(15)25/h5-10,15-16,25-26H,1-4H2,(H,22,24). The summed E-state index contributed by atoms with van der Waals surface area (Å²) in [7, 11) is 0. The first-order chi connectivity index (χ1) is 12.6. The molecule has 0 aliphatic heterocycles. The Balaban J connectivity index is 1.78. The summed E-state index contributed by atoms with van der Waals surface area (Å²) < 4.78 is 13.3. The molecular weight excluding hydrogens is 335 g/mol. The quantitative estimate of drug-likeness (QED) is 0.669. The number of rotatable bonds is 3. The van der Waals surface area contributed by atoms with E-state index in [1.54, 1.807) is 18.5 Å². The zero-order chi connectivity index (χ0) is 18.1. The Morgan fingerprint density at radius 2 is 1.92 bits per heavy atom. The van der Waals surface area contributed by atoms with Crippen LogP contribution < -0.4 is 5.32 Å². The van der Waals surface area contributed by atoms with E-state index in [0.29, 0.717) is 17.1 Å². The maximum Gasteiger partial charge on any atom is 0.158 e. The van der Waals surface area contributed by atoms with E-state index >= 15 is 0 Å². The summed E-state index contributed by atoms with van der Waals surface area (Å²) in [5, 5.41) is 33.6. The van der Waals surface area contributed by atoms with Crippen molar-refractivity contribution in [1.82, 2.24) is 15.2 Å². The molecular formula is C19H19FN4O2. The molecule has 1 aliphatic rings. The van der Waals surface area contributed by atoms with Gasteiger partial charge >= 0.3 is 0 Å². The zero-order valence-electron chi connectivity index (χ0n) is 14.1. The number of benzene rings is 1. The summed E-state index contributed by atoms with van der Waals surface area (Å²) in [6, 6.07) is 5.51. The van der Waals surface area contributed by atoms with Gasteiger partial charge in [0.2, 0.25) is 0 Å². The molecule has 0 saturated heterocycles. The topological polar surface area (TPSA) is 91.2 Å². The molecule has 1 saturated carbocycles. The number of aromatic nitrogens is 3. The fourth-order valence-corrected chi connectivity index (χ4v) is 3.46. The lowest BCUT2D eigenvalue weighted by Crippen LogP contribution is -2.36. The average molecular weight is 354 g/mol. The minimum atomic E-state index is -0.519. The third kappa shape index (κ3) is 3.06. The second-order valence-electron chi connectivity index (χ2n) is 6.58. The van der Waals surface area contributed by atoms with Gasteiger partial charge in [-0.1, -0.05) is 12.8 Å². The van der Waals surface area contributed by atoms with E-state index in [-0.39, 0.29) is 11.8 Å². The smallest absolute Gasteiger partial charge is 0.158 e. The van der Waals surface area contributed by atoms with Crippen molar-refractivity contribution in [2.24, 2.45) is 0 Å². The van der Waals surface area contributed by atoms with E-state index in [0.717, 1.165) is 42.5 Å².